The average Bonchev–Trinajstić information content (AvgIpc) is 2.52. The van der Waals surface area contributed by atoms with Gasteiger partial charge in [0, 0.05) is 18.0 Å². The van der Waals surface area contributed by atoms with Gasteiger partial charge in [0.05, 0.1) is 6.04 Å². The Morgan fingerprint density at radius 3 is 2.71 bits per heavy atom. The summed E-state index contributed by atoms with van der Waals surface area (Å²) >= 11 is 0. The fourth-order valence-electron chi connectivity index (χ4n) is 1.43. The van der Waals surface area contributed by atoms with E-state index >= 15 is 0 Å². The molecule has 1 aromatic heterocycles. The van der Waals surface area contributed by atoms with Crippen molar-refractivity contribution in [2.24, 2.45) is 10.9 Å². The van der Waals surface area contributed by atoms with Gasteiger partial charge in [-0.15, -0.1) is 0 Å². The maximum atomic E-state index is 5.70. The fraction of sp³-hybridized carbons (Fsp3) is 0.545. The van der Waals surface area contributed by atoms with Crippen LogP contribution in [0.2, 0.25) is 0 Å². The summed E-state index contributed by atoms with van der Waals surface area (Å²) in [6, 6.07) is 2.33. The lowest BCUT2D eigenvalue weighted by atomic mass is 10.0. The Hall–Kier alpha value is -1.25. The number of rotatable bonds is 4. The van der Waals surface area contributed by atoms with Gasteiger partial charge in [0.1, 0.15) is 5.82 Å². The first kappa shape index (κ1) is 10.8. The molecule has 3 nitrogen and oxygen atoms in total. The zero-order valence-electron chi connectivity index (χ0n) is 9.12. The van der Waals surface area contributed by atoms with E-state index in [2.05, 4.69) is 30.7 Å². The third kappa shape index (κ3) is 2.62. The number of nitrogens with one attached hydrogen (secondary N) is 1. The van der Waals surface area contributed by atoms with Crippen LogP contribution in [0.4, 0.5) is 5.82 Å². The first-order chi connectivity index (χ1) is 6.65. The average molecular weight is 193 g/mol. The molecule has 0 saturated carbocycles. The maximum Gasteiger partial charge on any atom is 0.109 e. The predicted octanol–water partition coefficient (Wildman–Crippen LogP) is 2.45. The summed E-state index contributed by atoms with van der Waals surface area (Å²) in [4.78, 5) is 7.45. The molecule has 1 aromatic rings. The number of aromatic amines is 1. The molecule has 0 amide bonds. The second kappa shape index (κ2) is 4.84. The molecule has 3 N–H and O–H groups in total. The molecule has 1 rings (SSSR count). The SMILES string of the molecule is CCC(/N=C\c1cc[nH]c1N)C(C)C. The minimum absolute atomic E-state index is 0.393. The van der Waals surface area contributed by atoms with E-state index in [0.29, 0.717) is 17.8 Å². The van der Waals surface area contributed by atoms with Crippen molar-refractivity contribution >= 4 is 12.0 Å². The van der Waals surface area contributed by atoms with Gasteiger partial charge in [-0.2, -0.15) is 0 Å². The highest BCUT2D eigenvalue weighted by atomic mass is 14.8. The van der Waals surface area contributed by atoms with Gasteiger partial charge in [0.25, 0.3) is 0 Å². The normalized spacial score (nSPS) is 14.0. The van der Waals surface area contributed by atoms with E-state index in [9.17, 15) is 0 Å². The summed E-state index contributed by atoms with van der Waals surface area (Å²) in [5, 5.41) is 0. The molecule has 0 radical (unpaired) electrons. The molecule has 3 heteroatoms. The Balaban J connectivity index is 2.67. The predicted molar refractivity (Wildman–Crippen MR) is 61.7 cm³/mol. The van der Waals surface area contributed by atoms with Crippen molar-refractivity contribution in [2.75, 3.05) is 5.73 Å². The van der Waals surface area contributed by atoms with Gasteiger partial charge in [-0.3, -0.25) is 4.99 Å². The molecule has 14 heavy (non-hydrogen) atoms. The zero-order chi connectivity index (χ0) is 10.6. The topological polar surface area (TPSA) is 54.2 Å². The zero-order valence-corrected chi connectivity index (χ0v) is 9.12. The molecule has 0 spiro atoms. The lowest BCUT2D eigenvalue weighted by Gasteiger charge is -2.13. The molecule has 0 aliphatic rings. The highest BCUT2D eigenvalue weighted by molar-refractivity contribution is 5.85. The van der Waals surface area contributed by atoms with Gasteiger partial charge in [-0.1, -0.05) is 20.8 Å². The van der Waals surface area contributed by atoms with Crippen molar-refractivity contribution in [1.29, 1.82) is 0 Å². The number of aliphatic imine (C=N–C) groups is 1. The van der Waals surface area contributed by atoms with Gasteiger partial charge < -0.3 is 10.7 Å². The van der Waals surface area contributed by atoms with Crippen LogP contribution in [-0.4, -0.2) is 17.2 Å². The molecule has 0 aromatic carbocycles. The lowest BCUT2D eigenvalue weighted by molar-refractivity contribution is 0.485. The van der Waals surface area contributed by atoms with Crippen molar-refractivity contribution in [3.05, 3.63) is 17.8 Å². The molecule has 78 valence electrons. The third-order valence-corrected chi connectivity index (χ3v) is 2.41. The molecule has 1 unspecified atom stereocenters. The van der Waals surface area contributed by atoms with Crippen molar-refractivity contribution in [3.8, 4) is 0 Å². The third-order valence-electron chi connectivity index (χ3n) is 2.41. The molecule has 1 heterocycles. The van der Waals surface area contributed by atoms with Gasteiger partial charge in [-0.25, -0.2) is 0 Å². The standard InChI is InChI=1S/C11H19N3/c1-4-10(8(2)3)14-7-9-5-6-13-11(9)12/h5-8,10,13H,4,12H2,1-3H3/b14-7-. The highest BCUT2D eigenvalue weighted by Crippen LogP contribution is 2.11. The minimum Gasteiger partial charge on any atom is -0.385 e. The molecule has 0 aliphatic carbocycles. The number of nitrogens with zero attached hydrogens (tertiary/aromatic N) is 1. The van der Waals surface area contributed by atoms with Crippen LogP contribution >= 0.6 is 0 Å². The van der Waals surface area contributed by atoms with Gasteiger partial charge in [-0.05, 0) is 18.4 Å². The minimum atomic E-state index is 0.393. The summed E-state index contributed by atoms with van der Waals surface area (Å²) in [5.41, 5.74) is 6.67. The smallest absolute Gasteiger partial charge is 0.109 e. The molecular formula is C11H19N3. The van der Waals surface area contributed by atoms with Crippen molar-refractivity contribution in [3.63, 3.8) is 0 Å². The summed E-state index contributed by atoms with van der Waals surface area (Å²) in [5.74, 6) is 1.27. The molecule has 0 fully saturated rings. The van der Waals surface area contributed by atoms with Crippen LogP contribution in [0.3, 0.4) is 0 Å². The van der Waals surface area contributed by atoms with Crippen molar-refractivity contribution in [1.82, 2.24) is 4.98 Å². The van der Waals surface area contributed by atoms with Crippen LogP contribution in [0, 0.1) is 5.92 Å². The largest absolute Gasteiger partial charge is 0.385 e. The van der Waals surface area contributed by atoms with E-state index in [0.717, 1.165) is 12.0 Å². The Labute approximate surface area is 85.4 Å². The Kier molecular flexibility index (Phi) is 3.74. The van der Waals surface area contributed by atoms with Gasteiger partial charge in [0.15, 0.2) is 0 Å². The summed E-state index contributed by atoms with van der Waals surface area (Å²) in [6.07, 6.45) is 4.76. The molecule has 0 bridgehead atoms. The number of anilines is 1. The van der Waals surface area contributed by atoms with E-state index < -0.39 is 0 Å². The second-order valence-corrected chi connectivity index (χ2v) is 3.84. The van der Waals surface area contributed by atoms with Crippen LogP contribution in [-0.2, 0) is 0 Å². The van der Waals surface area contributed by atoms with Crippen LogP contribution in [0.15, 0.2) is 17.3 Å². The van der Waals surface area contributed by atoms with E-state index in [4.69, 9.17) is 5.73 Å². The van der Waals surface area contributed by atoms with E-state index in [-0.39, 0.29) is 0 Å². The lowest BCUT2D eigenvalue weighted by Crippen LogP contribution is -2.11. The Bertz CT molecular complexity index is 299. The monoisotopic (exact) mass is 193 g/mol. The van der Waals surface area contributed by atoms with Crippen LogP contribution in [0.5, 0.6) is 0 Å². The summed E-state index contributed by atoms with van der Waals surface area (Å²) in [7, 11) is 0. The molecule has 0 saturated heterocycles. The molecule has 0 aliphatic heterocycles. The number of aromatic nitrogens is 1. The number of hydrogen-bond donors (Lipinski definition) is 2. The molecular weight excluding hydrogens is 174 g/mol. The van der Waals surface area contributed by atoms with Gasteiger partial charge >= 0.3 is 0 Å². The van der Waals surface area contributed by atoms with Crippen molar-refractivity contribution in [2.45, 2.75) is 33.2 Å². The van der Waals surface area contributed by atoms with E-state index in [1.54, 1.807) is 0 Å². The number of hydrogen-bond acceptors (Lipinski definition) is 2. The Morgan fingerprint density at radius 1 is 1.57 bits per heavy atom. The number of H-pyrrole nitrogens is 1. The first-order valence-corrected chi connectivity index (χ1v) is 5.11. The van der Waals surface area contributed by atoms with Crippen molar-refractivity contribution < 1.29 is 0 Å². The summed E-state index contributed by atoms with van der Waals surface area (Å²) in [6.45, 7) is 6.53. The fourth-order valence-corrected chi connectivity index (χ4v) is 1.43. The highest BCUT2D eigenvalue weighted by Gasteiger charge is 2.07. The first-order valence-electron chi connectivity index (χ1n) is 5.11. The number of nitrogen functional groups attached to an aromatic ring is 1. The maximum absolute atomic E-state index is 5.70. The quantitative estimate of drug-likeness (QED) is 0.709. The van der Waals surface area contributed by atoms with E-state index in [1.807, 2.05) is 18.5 Å². The van der Waals surface area contributed by atoms with Crippen LogP contribution in [0.1, 0.15) is 32.8 Å². The van der Waals surface area contributed by atoms with Gasteiger partial charge in [0.2, 0.25) is 0 Å². The second-order valence-electron chi connectivity index (χ2n) is 3.84. The van der Waals surface area contributed by atoms with Crippen LogP contribution in [0.25, 0.3) is 0 Å². The van der Waals surface area contributed by atoms with E-state index in [1.165, 1.54) is 0 Å². The van der Waals surface area contributed by atoms with Crippen LogP contribution < -0.4 is 5.73 Å². The summed E-state index contributed by atoms with van der Waals surface area (Å²) < 4.78 is 0. The molecule has 1 atom stereocenters. The number of nitrogens with two attached hydrogens (primary N) is 1. The Morgan fingerprint density at radius 2 is 2.29 bits per heavy atom.